The summed E-state index contributed by atoms with van der Waals surface area (Å²) in [6.45, 7) is -0.695. The Bertz CT molecular complexity index is 6850. The predicted molar refractivity (Wildman–Crippen MR) is 291 cm³/mol. The lowest BCUT2D eigenvalue weighted by Crippen LogP contribution is -2.58. The van der Waals surface area contributed by atoms with Gasteiger partial charge < -0.3 is 15.3 Å². The molecule has 5 aliphatic rings. The normalized spacial score (nSPS) is 24.3. The van der Waals surface area contributed by atoms with Crippen molar-refractivity contribution in [1.82, 2.24) is 4.90 Å². The lowest BCUT2D eigenvalue weighted by molar-refractivity contribution is -0.150. The molecule has 1 heterocycles. The van der Waals surface area contributed by atoms with Gasteiger partial charge in [0.1, 0.15) is 12.1 Å². The highest BCUT2D eigenvalue weighted by molar-refractivity contribution is 6.82. The molecule has 28 aromatic rings. The number of aliphatic carboxylic acids is 3. The second kappa shape index (κ2) is 6.26. The van der Waals surface area contributed by atoms with E-state index < -0.39 is 47.4 Å². The van der Waals surface area contributed by atoms with E-state index in [2.05, 4.69) is 0 Å². The van der Waals surface area contributed by atoms with Crippen LogP contribution in [0.5, 0.6) is 0 Å². The average molecular weight is 910 g/mol. The van der Waals surface area contributed by atoms with E-state index in [0.717, 1.165) is 65.3 Å². The summed E-state index contributed by atoms with van der Waals surface area (Å²) in [6, 6.07) is -2.97. The molecule has 0 amide bonds. The Hall–Kier alpha value is -9.17. The van der Waals surface area contributed by atoms with Gasteiger partial charge in [-0.3, -0.25) is 19.3 Å². The molecular weight excluding hydrogens is 903 g/mol. The molecule has 28 aromatic carbocycles. The third-order valence-corrected chi connectivity index (χ3v) is 25.7. The van der Waals surface area contributed by atoms with Crippen LogP contribution in [-0.2, 0) is 25.2 Å². The van der Waals surface area contributed by atoms with Gasteiger partial charge in [0.2, 0.25) is 0 Å². The van der Waals surface area contributed by atoms with Gasteiger partial charge in [0.15, 0.2) is 0 Å². The standard InChI is InChI=1S/C66H7NO6/c68-2(69)1-67-61(63(70)71)65-57-49-41-31-21-13-5-3-4-7-11-9(5)17-25-19(11)29-23-15(7)16-8(4)12-10-6(3)14(13)22-28-18(10)26-20(12)30-24(16)34-33(23)43-37(29)47-39(25)45(35(41)27(17)21)53(57)55(47)59-51(43)52-44(34)38(30)48-40(26)46-36(28)42(32(22)31)50(49)58(65)54(46)56(48)60(52)66(59,65)62(67)64(72)73/h61-62H,1H2,(H,68,69)(H,70,71)(H,72,73). The summed E-state index contributed by atoms with van der Waals surface area (Å²) in [7, 11) is 0. The SMILES string of the molecule is O=C(O)CN1C(C(=O)O)C23c4c5c6c7c8c9c(c%10c%11c2c2c4c4c%12c5c5c6c6c8c8c%13c9c9c%10c%10c%11c%11c2c2c4c4c%12c%12c5c5c6c8c6c8c%13c9c9c%10c%10c%11c2c2c4c4c%12c5c6c5c8c9c%10c2c45)C73C1C(=O)O. The molecule has 0 saturated carbocycles. The lowest BCUT2D eigenvalue weighted by Gasteiger charge is -2.52. The first-order valence-corrected chi connectivity index (χ1v) is 26.1. The molecule has 2 unspecified atom stereocenters. The van der Waals surface area contributed by atoms with Crippen LogP contribution in [0.3, 0.4) is 0 Å². The number of hydrogen-bond donors (Lipinski definition) is 3. The van der Waals surface area contributed by atoms with Gasteiger partial charge in [-0.1, -0.05) is 0 Å². The van der Waals surface area contributed by atoms with Crippen molar-refractivity contribution < 1.29 is 29.7 Å². The Morgan fingerprint density at radius 2 is 0.370 bits per heavy atom. The zero-order valence-corrected chi connectivity index (χ0v) is 36.4. The van der Waals surface area contributed by atoms with Gasteiger partial charge in [-0.2, -0.15) is 0 Å². The maximum absolute atomic E-state index is 15.5. The fourth-order valence-electron chi connectivity index (χ4n) is 26.0. The second-order valence-corrected chi connectivity index (χ2v) is 25.9. The van der Waals surface area contributed by atoms with Crippen LogP contribution in [0.25, 0.3) is 291 Å². The van der Waals surface area contributed by atoms with Crippen molar-refractivity contribution in [2.75, 3.05) is 6.54 Å². The molecule has 1 saturated heterocycles. The van der Waals surface area contributed by atoms with E-state index in [9.17, 15) is 20.1 Å². The summed E-state index contributed by atoms with van der Waals surface area (Å²) >= 11 is 0. The Balaban J connectivity index is 1.18. The highest BCUT2D eigenvalue weighted by atomic mass is 16.4. The minimum atomic E-state index is -1.49. The highest BCUT2D eigenvalue weighted by Gasteiger charge is 2.82. The summed E-state index contributed by atoms with van der Waals surface area (Å²) in [6.07, 6.45) is 0. The summed E-state index contributed by atoms with van der Waals surface area (Å²) < 4.78 is 0. The minimum Gasteiger partial charge on any atom is -0.480 e. The minimum absolute atomic E-state index is 0.695. The molecule has 0 bridgehead atoms. The second-order valence-electron chi connectivity index (χ2n) is 25.9. The molecule has 2 spiro atoms. The topological polar surface area (TPSA) is 115 Å². The van der Waals surface area contributed by atoms with E-state index in [4.69, 9.17) is 0 Å². The summed E-state index contributed by atoms with van der Waals surface area (Å²) in [5.74, 6) is -3.48. The largest absolute Gasteiger partial charge is 0.480 e. The van der Waals surface area contributed by atoms with E-state index >= 15 is 9.59 Å². The molecule has 3 N–H and O–H groups in total. The number of carbonyl (C=O) groups is 3. The number of likely N-dealkylation sites (tertiary alicyclic amines) is 1. The van der Waals surface area contributed by atoms with Crippen molar-refractivity contribution in [3.8, 4) is 0 Å². The molecule has 2 atom stereocenters. The number of nitrogens with zero attached hydrogens (tertiary/aromatic N) is 1. The number of rotatable bonds is 4. The molecule has 0 aromatic heterocycles. The van der Waals surface area contributed by atoms with Crippen LogP contribution in [0.4, 0.5) is 0 Å². The van der Waals surface area contributed by atoms with Crippen molar-refractivity contribution in [2.24, 2.45) is 0 Å². The molecule has 7 heteroatoms. The fourth-order valence-corrected chi connectivity index (χ4v) is 26.0. The zero-order valence-electron chi connectivity index (χ0n) is 36.4. The molecule has 33 rings (SSSR count). The number of carboxylic acids is 3. The first-order chi connectivity index (χ1) is 35.9. The van der Waals surface area contributed by atoms with Crippen LogP contribution in [0.2, 0.25) is 0 Å². The van der Waals surface area contributed by atoms with Gasteiger partial charge in [0.05, 0.1) is 17.4 Å². The van der Waals surface area contributed by atoms with Gasteiger partial charge >= 0.3 is 17.9 Å². The van der Waals surface area contributed by atoms with Crippen LogP contribution in [-0.4, -0.2) is 56.8 Å². The molecule has 0 radical (unpaired) electrons. The molecule has 1 fully saturated rings. The summed E-state index contributed by atoms with van der Waals surface area (Å²) in [4.78, 5) is 46.1. The van der Waals surface area contributed by atoms with E-state index in [1.165, 1.54) is 253 Å². The van der Waals surface area contributed by atoms with Gasteiger partial charge in [-0.15, -0.1) is 0 Å². The van der Waals surface area contributed by atoms with E-state index in [1.54, 1.807) is 0 Å². The third kappa shape index (κ3) is 1.48. The van der Waals surface area contributed by atoms with Gasteiger partial charge in [0, 0.05) is 0 Å². The predicted octanol–water partition coefficient (Wildman–Crippen LogP) is 14.6. The van der Waals surface area contributed by atoms with Gasteiger partial charge in [-0.05, 0) is 313 Å². The van der Waals surface area contributed by atoms with Crippen LogP contribution in [0.15, 0.2) is 0 Å². The Kier molecular flexibility index (Phi) is 2.40. The Morgan fingerprint density at radius 1 is 0.247 bits per heavy atom. The molecule has 1 aliphatic heterocycles. The number of carboxylic acid groups (broad SMARTS) is 3. The third-order valence-electron chi connectivity index (χ3n) is 25.7. The van der Waals surface area contributed by atoms with Gasteiger partial charge in [-0.25, -0.2) is 0 Å². The molecule has 4 aliphatic carbocycles. The highest BCUT2D eigenvalue weighted by Crippen LogP contribution is 2.86. The van der Waals surface area contributed by atoms with E-state index in [-0.39, 0.29) is 0 Å². The van der Waals surface area contributed by atoms with Crippen LogP contribution in [0, 0.1) is 0 Å². The Morgan fingerprint density at radius 3 is 0.479 bits per heavy atom. The van der Waals surface area contributed by atoms with Crippen molar-refractivity contribution >= 4 is 309 Å². The van der Waals surface area contributed by atoms with Crippen molar-refractivity contribution in [3.63, 3.8) is 0 Å². The monoisotopic (exact) mass is 909 g/mol. The number of benzene rings is 18. The first kappa shape index (κ1) is 28.0. The van der Waals surface area contributed by atoms with Crippen LogP contribution in [0.1, 0.15) is 22.3 Å². The molecule has 73 heavy (non-hydrogen) atoms. The zero-order chi connectivity index (χ0) is 44.7. The lowest BCUT2D eigenvalue weighted by atomic mass is 9.46. The van der Waals surface area contributed by atoms with Gasteiger partial charge in [0.25, 0.3) is 0 Å². The smallest absolute Gasteiger partial charge is 0.322 e. The maximum atomic E-state index is 15.5. The van der Waals surface area contributed by atoms with E-state index in [0.29, 0.717) is 0 Å². The summed E-state index contributed by atoms with van der Waals surface area (Å²) in [5.41, 5.74) is 1.09. The summed E-state index contributed by atoms with van der Waals surface area (Å²) in [5, 5.41) is 109. The van der Waals surface area contributed by atoms with E-state index in [1.807, 2.05) is 0 Å². The Labute approximate surface area is 393 Å². The number of hydrogen-bond acceptors (Lipinski definition) is 4. The molecular formula is C66H7NO6. The fraction of sp³-hybridized carbons (Fsp3) is 0.0758. The maximum Gasteiger partial charge on any atom is 0.322 e. The van der Waals surface area contributed by atoms with Crippen molar-refractivity contribution in [3.05, 3.63) is 22.3 Å². The first-order valence-electron chi connectivity index (χ1n) is 26.1. The van der Waals surface area contributed by atoms with Crippen molar-refractivity contribution in [1.29, 1.82) is 0 Å². The average Bonchev–Trinajstić information content (AvgIpc) is 3.10. The molecule has 7 nitrogen and oxygen atoms in total. The van der Waals surface area contributed by atoms with Crippen molar-refractivity contribution in [2.45, 2.75) is 22.9 Å². The van der Waals surface area contributed by atoms with Crippen LogP contribution >= 0.6 is 0 Å². The quantitative estimate of drug-likeness (QED) is 0.151. The van der Waals surface area contributed by atoms with Crippen LogP contribution < -0.4 is 0 Å². The molecule has 312 valence electrons.